The summed E-state index contributed by atoms with van der Waals surface area (Å²) in [7, 11) is 0. The second-order valence-corrected chi connectivity index (χ2v) is 13.2. The number of pyridine rings is 1. The Morgan fingerprint density at radius 2 is 1.33 bits per heavy atom. The van der Waals surface area contributed by atoms with Crippen molar-refractivity contribution in [1.29, 1.82) is 0 Å². The van der Waals surface area contributed by atoms with Crippen molar-refractivity contribution < 1.29 is 17.9 Å². The largest absolute Gasteiger partial charge is 0.454 e. The summed E-state index contributed by atoms with van der Waals surface area (Å²) < 4.78 is 52.8. The van der Waals surface area contributed by atoms with Crippen LogP contribution in [0.5, 0.6) is 11.5 Å². The predicted molar refractivity (Wildman–Crippen MR) is 190 cm³/mol. The SMILES string of the molecule is Cc1ccc(N(c2cc(Oc3cc(-n4cccn4)c(F)c(F)c3F)cc(N(c3ccccn3)C(C)(C)C)c2)c2ccc(C)cc2C)c(C)c1. The van der Waals surface area contributed by atoms with Crippen molar-refractivity contribution in [2.24, 2.45) is 0 Å². The molecule has 2 heterocycles. The van der Waals surface area contributed by atoms with Crippen LogP contribution in [0.4, 0.5) is 41.7 Å². The van der Waals surface area contributed by atoms with E-state index in [2.05, 4.69) is 90.9 Å². The van der Waals surface area contributed by atoms with Gasteiger partial charge in [0.1, 0.15) is 17.3 Å². The lowest BCUT2D eigenvalue weighted by Gasteiger charge is -2.38. The molecule has 0 radical (unpaired) electrons. The van der Waals surface area contributed by atoms with E-state index in [1.54, 1.807) is 24.4 Å². The van der Waals surface area contributed by atoms with Gasteiger partial charge in [0.15, 0.2) is 11.6 Å². The van der Waals surface area contributed by atoms with Gasteiger partial charge in [-0.05, 0) is 96.0 Å². The van der Waals surface area contributed by atoms with E-state index in [4.69, 9.17) is 4.74 Å². The van der Waals surface area contributed by atoms with Crippen molar-refractivity contribution >= 4 is 28.6 Å². The molecule has 0 unspecified atom stereocenters. The van der Waals surface area contributed by atoms with Gasteiger partial charge in [0.25, 0.3) is 0 Å². The van der Waals surface area contributed by atoms with E-state index < -0.39 is 28.7 Å². The van der Waals surface area contributed by atoms with Crippen LogP contribution in [0.25, 0.3) is 5.69 Å². The van der Waals surface area contributed by atoms with E-state index in [0.717, 1.165) is 44.4 Å². The van der Waals surface area contributed by atoms with E-state index >= 15 is 8.78 Å². The highest BCUT2D eigenvalue weighted by molar-refractivity contribution is 5.83. The highest BCUT2D eigenvalue weighted by atomic mass is 19.2. The second-order valence-electron chi connectivity index (χ2n) is 13.2. The van der Waals surface area contributed by atoms with Crippen LogP contribution in [0.2, 0.25) is 0 Å². The van der Waals surface area contributed by atoms with Crippen LogP contribution in [-0.2, 0) is 0 Å². The van der Waals surface area contributed by atoms with Crippen LogP contribution >= 0.6 is 0 Å². The normalized spacial score (nSPS) is 11.5. The number of rotatable bonds is 8. The van der Waals surface area contributed by atoms with Gasteiger partial charge in [-0.25, -0.2) is 18.4 Å². The van der Waals surface area contributed by atoms with Gasteiger partial charge < -0.3 is 14.5 Å². The standard InChI is InChI=1S/C40H38F3N5O/c1-25-12-14-32(27(3)19-25)47(33-15-13-26(2)20-28(33)4)29-21-30(48(40(5,6)7)36-11-8-9-16-44-36)23-31(22-29)49-35-24-34(46-18-10-17-45-46)37(41)39(43)38(35)42/h8-24H,1-7H3. The fraction of sp³-hybridized carbons (Fsp3) is 0.200. The molecule has 0 saturated carbocycles. The summed E-state index contributed by atoms with van der Waals surface area (Å²) in [5.41, 5.74) is 6.82. The fourth-order valence-corrected chi connectivity index (χ4v) is 6.10. The number of hydrogen-bond acceptors (Lipinski definition) is 5. The fourth-order valence-electron chi connectivity index (χ4n) is 6.10. The smallest absolute Gasteiger partial charge is 0.204 e. The molecule has 6 nitrogen and oxygen atoms in total. The summed E-state index contributed by atoms with van der Waals surface area (Å²) in [6.07, 6.45) is 4.59. The molecule has 6 aromatic rings. The summed E-state index contributed by atoms with van der Waals surface area (Å²) in [5.74, 6) is -4.07. The van der Waals surface area contributed by atoms with Crippen LogP contribution in [0, 0.1) is 45.1 Å². The van der Waals surface area contributed by atoms with Gasteiger partial charge in [-0.2, -0.15) is 9.49 Å². The number of halogens is 3. The first-order valence-electron chi connectivity index (χ1n) is 16.0. The number of anilines is 5. The molecular weight excluding hydrogens is 623 g/mol. The average molecular weight is 662 g/mol. The number of hydrogen-bond donors (Lipinski definition) is 0. The molecule has 0 fully saturated rings. The zero-order valence-corrected chi connectivity index (χ0v) is 28.6. The summed E-state index contributed by atoms with van der Waals surface area (Å²) in [5, 5.41) is 4.01. The molecule has 250 valence electrons. The Kier molecular flexibility index (Phi) is 8.94. The third-order valence-electron chi connectivity index (χ3n) is 8.20. The van der Waals surface area contributed by atoms with Crippen LogP contribution in [0.3, 0.4) is 0 Å². The maximum Gasteiger partial charge on any atom is 0.204 e. The number of benzene rings is 4. The van der Waals surface area contributed by atoms with Gasteiger partial charge in [0, 0.05) is 59.4 Å². The zero-order valence-electron chi connectivity index (χ0n) is 28.6. The minimum atomic E-state index is -1.66. The Morgan fingerprint density at radius 3 is 1.88 bits per heavy atom. The minimum Gasteiger partial charge on any atom is -0.454 e. The molecule has 49 heavy (non-hydrogen) atoms. The molecule has 2 aromatic heterocycles. The van der Waals surface area contributed by atoms with Crippen molar-refractivity contribution in [1.82, 2.24) is 14.8 Å². The Morgan fingerprint density at radius 1 is 0.673 bits per heavy atom. The molecule has 4 aromatic carbocycles. The molecule has 0 N–H and O–H groups in total. The van der Waals surface area contributed by atoms with E-state index in [1.807, 2.05) is 38.1 Å². The van der Waals surface area contributed by atoms with E-state index in [0.29, 0.717) is 17.2 Å². The number of ether oxygens (including phenoxy) is 1. The third kappa shape index (κ3) is 6.74. The first kappa shape index (κ1) is 33.3. The topological polar surface area (TPSA) is 46.4 Å². The molecule has 0 bridgehead atoms. The van der Waals surface area contributed by atoms with E-state index in [9.17, 15) is 4.39 Å². The Hall–Kier alpha value is -5.57. The van der Waals surface area contributed by atoms with Crippen LogP contribution in [0.1, 0.15) is 43.0 Å². The first-order chi connectivity index (χ1) is 23.3. The molecule has 0 spiro atoms. The minimum absolute atomic E-state index is 0.202. The number of aryl methyl sites for hydroxylation is 4. The highest BCUT2D eigenvalue weighted by Crippen LogP contribution is 2.45. The van der Waals surface area contributed by atoms with Gasteiger partial charge in [-0.15, -0.1) is 0 Å². The lowest BCUT2D eigenvalue weighted by Crippen LogP contribution is -2.38. The Balaban J connectivity index is 1.62. The molecule has 9 heteroatoms. The Bertz CT molecular complexity index is 2070. The van der Waals surface area contributed by atoms with Gasteiger partial charge in [-0.1, -0.05) is 41.5 Å². The quantitative estimate of drug-likeness (QED) is 0.152. The van der Waals surface area contributed by atoms with Gasteiger partial charge in [0.2, 0.25) is 11.6 Å². The maximum absolute atomic E-state index is 15.5. The third-order valence-corrected chi connectivity index (χ3v) is 8.20. The van der Waals surface area contributed by atoms with Crippen LogP contribution in [0.15, 0.2) is 104 Å². The Labute approximate surface area is 285 Å². The van der Waals surface area contributed by atoms with Crippen molar-refractivity contribution in [2.75, 3.05) is 9.80 Å². The molecule has 6 rings (SSSR count). The summed E-state index contributed by atoms with van der Waals surface area (Å²) in [6, 6.07) is 26.4. The van der Waals surface area contributed by atoms with Crippen LogP contribution < -0.4 is 14.5 Å². The van der Waals surface area contributed by atoms with Crippen LogP contribution in [-0.4, -0.2) is 20.3 Å². The monoisotopic (exact) mass is 661 g/mol. The second kappa shape index (κ2) is 13.1. The van der Waals surface area contributed by atoms with Crippen molar-refractivity contribution in [3.05, 3.63) is 143 Å². The lowest BCUT2D eigenvalue weighted by atomic mass is 10.0. The summed E-state index contributed by atoms with van der Waals surface area (Å²) >= 11 is 0. The molecular formula is C40H38F3N5O. The molecule has 0 aliphatic heterocycles. The maximum atomic E-state index is 15.5. The van der Waals surface area contributed by atoms with Gasteiger partial charge in [-0.3, -0.25) is 0 Å². The first-order valence-corrected chi connectivity index (χ1v) is 16.0. The predicted octanol–water partition coefficient (Wildman–Crippen LogP) is 11.1. The summed E-state index contributed by atoms with van der Waals surface area (Å²) in [4.78, 5) is 8.85. The summed E-state index contributed by atoms with van der Waals surface area (Å²) in [6.45, 7) is 14.4. The van der Waals surface area contributed by atoms with Crippen molar-refractivity contribution in [2.45, 2.75) is 54.0 Å². The molecule has 0 aliphatic rings. The van der Waals surface area contributed by atoms with Gasteiger partial charge in [0.05, 0.1) is 5.69 Å². The number of nitrogens with zero attached hydrogens (tertiary/aromatic N) is 5. The van der Waals surface area contributed by atoms with E-state index in [-0.39, 0.29) is 11.4 Å². The molecule has 0 aliphatic carbocycles. The van der Waals surface area contributed by atoms with Crippen molar-refractivity contribution in [3.63, 3.8) is 0 Å². The average Bonchev–Trinajstić information content (AvgIpc) is 3.58. The lowest BCUT2D eigenvalue weighted by molar-refractivity contribution is 0.392. The molecule has 0 atom stereocenters. The van der Waals surface area contributed by atoms with E-state index in [1.165, 1.54) is 12.4 Å². The number of aromatic nitrogens is 3. The molecule has 0 amide bonds. The van der Waals surface area contributed by atoms with Gasteiger partial charge >= 0.3 is 0 Å². The van der Waals surface area contributed by atoms with Crippen molar-refractivity contribution in [3.8, 4) is 17.2 Å². The molecule has 0 saturated heterocycles. The highest BCUT2D eigenvalue weighted by Gasteiger charge is 2.28. The zero-order chi connectivity index (χ0) is 35.0.